The lowest BCUT2D eigenvalue weighted by Gasteiger charge is -2.26. The lowest BCUT2D eigenvalue weighted by Crippen LogP contribution is -2.36. The standard InChI is InChI=1S/C26H34N4O2/c1-3-18-32-24-11-7-6-10-23(24)20-29-26(27-4-2)28-19-21-12-14-22(15-13-21)25(31)30-16-8-5-9-17-30/h3,6-7,10-15H,1,4-5,8-9,16-20H2,2H3,(H2,27,28,29). The quantitative estimate of drug-likeness (QED) is 0.354. The van der Waals surface area contributed by atoms with Crippen LogP contribution in [0.1, 0.15) is 47.7 Å². The van der Waals surface area contributed by atoms with E-state index in [-0.39, 0.29) is 5.91 Å². The Morgan fingerprint density at radius 3 is 2.56 bits per heavy atom. The van der Waals surface area contributed by atoms with Crippen molar-refractivity contribution in [1.82, 2.24) is 15.5 Å². The van der Waals surface area contributed by atoms with Gasteiger partial charge in [-0.05, 0) is 49.9 Å². The molecule has 6 nitrogen and oxygen atoms in total. The topological polar surface area (TPSA) is 66.0 Å². The van der Waals surface area contributed by atoms with Gasteiger partial charge in [-0.2, -0.15) is 0 Å². The smallest absolute Gasteiger partial charge is 0.253 e. The van der Waals surface area contributed by atoms with Crippen LogP contribution in [0.5, 0.6) is 5.75 Å². The molecule has 6 heteroatoms. The van der Waals surface area contributed by atoms with Gasteiger partial charge in [-0.25, -0.2) is 4.99 Å². The summed E-state index contributed by atoms with van der Waals surface area (Å²) in [5, 5.41) is 6.65. The molecular formula is C26H34N4O2. The SMILES string of the molecule is C=CCOc1ccccc1CNC(=NCc1ccc(C(=O)N2CCCCC2)cc1)NCC. The zero-order valence-corrected chi connectivity index (χ0v) is 19.0. The molecule has 1 heterocycles. The second-order valence-electron chi connectivity index (χ2n) is 7.81. The van der Waals surface area contributed by atoms with Crippen LogP contribution in [0.3, 0.4) is 0 Å². The van der Waals surface area contributed by atoms with E-state index in [2.05, 4.69) is 17.2 Å². The number of piperidine rings is 1. The van der Waals surface area contributed by atoms with Crippen LogP contribution in [-0.2, 0) is 13.1 Å². The van der Waals surface area contributed by atoms with E-state index in [1.54, 1.807) is 6.08 Å². The van der Waals surface area contributed by atoms with Gasteiger partial charge in [0.25, 0.3) is 5.91 Å². The molecule has 1 fully saturated rings. The van der Waals surface area contributed by atoms with E-state index in [1.165, 1.54) is 6.42 Å². The number of para-hydroxylation sites is 1. The highest BCUT2D eigenvalue weighted by Crippen LogP contribution is 2.18. The van der Waals surface area contributed by atoms with Crippen molar-refractivity contribution in [1.29, 1.82) is 0 Å². The first-order valence-corrected chi connectivity index (χ1v) is 11.4. The van der Waals surface area contributed by atoms with Crippen molar-refractivity contribution in [3.05, 3.63) is 77.9 Å². The summed E-state index contributed by atoms with van der Waals surface area (Å²) in [5.74, 6) is 1.70. The Bertz CT molecular complexity index is 902. The van der Waals surface area contributed by atoms with Crippen LogP contribution in [0.2, 0.25) is 0 Å². The number of benzene rings is 2. The lowest BCUT2D eigenvalue weighted by molar-refractivity contribution is 0.0724. The molecule has 2 aromatic rings. The largest absolute Gasteiger partial charge is 0.489 e. The number of hydrogen-bond acceptors (Lipinski definition) is 3. The maximum absolute atomic E-state index is 12.6. The van der Waals surface area contributed by atoms with Crippen molar-refractivity contribution in [3.63, 3.8) is 0 Å². The van der Waals surface area contributed by atoms with Crippen LogP contribution in [0.4, 0.5) is 0 Å². The molecule has 0 aliphatic carbocycles. The third-order valence-corrected chi connectivity index (χ3v) is 5.38. The van der Waals surface area contributed by atoms with E-state index in [9.17, 15) is 4.79 Å². The van der Waals surface area contributed by atoms with Gasteiger partial charge in [0.1, 0.15) is 12.4 Å². The van der Waals surface area contributed by atoms with Crippen molar-refractivity contribution in [3.8, 4) is 5.75 Å². The van der Waals surface area contributed by atoms with Crippen molar-refractivity contribution in [2.45, 2.75) is 39.3 Å². The van der Waals surface area contributed by atoms with Crippen molar-refractivity contribution in [2.75, 3.05) is 26.2 Å². The molecule has 0 spiro atoms. The summed E-state index contributed by atoms with van der Waals surface area (Å²) in [4.78, 5) is 19.3. The molecule has 1 aliphatic rings. The van der Waals surface area contributed by atoms with E-state index < -0.39 is 0 Å². The molecule has 0 bridgehead atoms. The summed E-state index contributed by atoms with van der Waals surface area (Å²) in [6.45, 7) is 9.85. The molecule has 0 aromatic heterocycles. The fraction of sp³-hybridized carbons (Fsp3) is 0.385. The Morgan fingerprint density at radius 1 is 1.09 bits per heavy atom. The lowest BCUT2D eigenvalue weighted by atomic mass is 10.1. The third-order valence-electron chi connectivity index (χ3n) is 5.38. The number of carbonyl (C=O) groups excluding carboxylic acids is 1. The predicted octanol–water partition coefficient (Wildman–Crippen LogP) is 4.13. The number of rotatable bonds is 9. The number of carbonyl (C=O) groups is 1. The van der Waals surface area contributed by atoms with Crippen LogP contribution >= 0.6 is 0 Å². The summed E-state index contributed by atoms with van der Waals surface area (Å²) < 4.78 is 5.73. The number of amides is 1. The Kier molecular flexibility index (Phi) is 9.17. The highest BCUT2D eigenvalue weighted by Gasteiger charge is 2.17. The molecule has 2 aromatic carbocycles. The minimum atomic E-state index is 0.132. The Labute approximate surface area is 191 Å². The highest BCUT2D eigenvalue weighted by molar-refractivity contribution is 5.94. The Morgan fingerprint density at radius 2 is 1.84 bits per heavy atom. The maximum atomic E-state index is 12.6. The van der Waals surface area contributed by atoms with Gasteiger partial charge in [0.15, 0.2) is 5.96 Å². The molecule has 1 amide bonds. The van der Waals surface area contributed by atoms with Crippen molar-refractivity contribution >= 4 is 11.9 Å². The minimum Gasteiger partial charge on any atom is -0.489 e. The first-order valence-electron chi connectivity index (χ1n) is 11.4. The number of guanidine groups is 1. The molecule has 0 radical (unpaired) electrons. The zero-order valence-electron chi connectivity index (χ0n) is 19.0. The molecule has 1 saturated heterocycles. The normalized spacial score (nSPS) is 14.0. The van der Waals surface area contributed by atoms with E-state index in [1.807, 2.05) is 60.4 Å². The van der Waals surface area contributed by atoms with E-state index in [0.717, 1.165) is 60.9 Å². The van der Waals surface area contributed by atoms with E-state index in [4.69, 9.17) is 9.73 Å². The van der Waals surface area contributed by atoms with Crippen molar-refractivity contribution < 1.29 is 9.53 Å². The van der Waals surface area contributed by atoms with E-state index in [0.29, 0.717) is 19.7 Å². The Balaban J connectivity index is 1.59. The van der Waals surface area contributed by atoms with Crippen LogP contribution < -0.4 is 15.4 Å². The van der Waals surface area contributed by atoms with Crippen LogP contribution in [-0.4, -0.2) is 43.0 Å². The van der Waals surface area contributed by atoms with Gasteiger partial charge < -0.3 is 20.3 Å². The van der Waals surface area contributed by atoms with E-state index >= 15 is 0 Å². The van der Waals surface area contributed by atoms with Crippen molar-refractivity contribution in [2.24, 2.45) is 4.99 Å². The van der Waals surface area contributed by atoms with Crippen LogP contribution in [0, 0.1) is 0 Å². The minimum absolute atomic E-state index is 0.132. The number of likely N-dealkylation sites (tertiary alicyclic amines) is 1. The molecule has 0 saturated carbocycles. The number of nitrogens with one attached hydrogen (secondary N) is 2. The van der Waals surface area contributed by atoms with Gasteiger partial charge in [0, 0.05) is 37.3 Å². The van der Waals surface area contributed by atoms with Gasteiger partial charge in [-0.1, -0.05) is 43.0 Å². The number of nitrogens with zero attached hydrogens (tertiary/aromatic N) is 2. The predicted molar refractivity (Wildman–Crippen MR) is 130 cm³/mol. The van der Waals surface area contributed by atoms with Gasteiger partial charge in [0.2, 0.25) is 0 Å². The number of aliphatic imine (C=N–C) groups is 1. The molecular weight excluding hydrogens is 400 g/mol. The summed E-state index contributed by atoms with van der Waals surface area (Å²) in [7, 11) is 0. The number of ether oxygens (including phenoxy) is 1. The molecule has 1 aliphatic heterocycles. The second-order valence-corrected chi connectivity index (χ2v) is 7.81. The maximum Gasteiger partial charge on any atom is 0.253 e. The second kappa shape index (κ2) is 12.5. The third kappa shape index (κ3) is 6.87. The Hall–Kier alpha value is -3.28. The summed E-state index contributed by atoms with van der Waals surface area (Å²) in [6.07, 6.45) is 5.16. The monoisotopic (exact) mass is 434 g/mol. The molecule has 170 valence electrons. The molecule has 3 rings (SSSR count). The summed E-state index contributed by atoms with van der Waals surface area (Å²) in [5.41, 5.74) is 2.87. The first kappa shape index (κ1) is 23.4. The highest BCUT2D eigenvalue weighted by atomic mass is 16.5. The fourth-order valence-electron chi connectivity index (χ4n) is 3.66. The van der Waals surface area contributed by atoms with Crippen LogP contribution in [0.15, 0.2) is 66.2 Å². The number of hydrogen-bond donors (Lipinski definition) is 2. The van der Waals surface area contributed by atoms with Gasteiger partial charge >= 0.3 is 0 Å². The fourth-order valence-corrected chi connectivity index (χ4v) is 3.66. The molecule has 2 N–H and O–H groups in total. The van der Waals surface area contributed by atoms with Gasteiger partial charge in [0.05, 0.1) is 6.54 Å². The zero-order chi connectivity index (χ0) is 22.6. The first-order chi connectivity index (χ1) is 15.7. The van der Waals surface area contributed by atoms with Gasteiger partial charge in [-0.15, -0.1) is 0 Å². The molecule has 0 unspecified atom stereocenters. The summed E-state index contributed by atoms with van der Waals surface area (Å²) >= 11 is 0. The van der Waals surface area contributed by atoms with Crippen LogP contribution in [0.25, 0.3) is 0 Å². The van der Waals surface area contributed by atoms with Gasteiger partial charge in [-0.3, -0.25) is 4.79 Å². The average Bonchev–Trinajstić information content (AvgIpc) is 2.85. The average molecular weight is 435 g/mol. The molecule has 32 heavy (non-hydrogen) atoms. The molecule has 0 atom stereocenters. The summed E-state index contributed by atoms with van der Waals surface area (Å²) in [6, 6.07) is 15.7.